The van der Waals surface area contributed by atoms with Gasteiger partial charge in [0.2, 0.25) is 0 Å². The predicted molar refractivity (Wildman–Crippen MR) is 78.3 cm³/mol. The van der Waals surface area contributed by atoms with Gasteiger partial charge >= 0.3 is 0 Å². The van der Waals surface area contributed by atoms with Crippen molar-refractivity contribution in [3.05, 3.63) is 29.3 Å². The van der Waals surface area contributed by atoms with E-state index in [0.717, 1.165) is 18.6 Å². The SMILES string of the molecule is CCc1c(OCCC(C)N)cccc1C(C)(C)C. The molecule has 102 valence electrons. The number of benzene rings is 1. The van der Waals surface area contributed by atoms with E-state index in [1.54, 1.807) is 0 Å². The van der Waals surface area contributed by atoms with E-state index in [1.807, 2.05) is 6.92 Å². The number of hydrogen-bond acceptors (Lipinski definition) is 2. The van der Waals surface area contributed by atoms with Crippen LogP contribution in [0.2, 0.25) is 0 Å². The molecule has 0 fully saturated rings. The Morgan fingerprint density at radius 1 is 1.28 bits per heavy atom. The minimum Gasteiger partial charge on any atom is -0.493 e. The standard InChI is InChI=1S/C16H27NO/c1-6-13-14(16(3,4)5)8-7-9-15(13)18-11-10-12(2)17/h7-9,12H,6,10-11,17H2,1-5H3. The van der Waals surface area contributed by atoms with Gasteiger partial charge in [-0.3, -0.25) is 0 Å². The Hall–Kier alpha value is -1.02. The van der Waals surface area contributed by atoms with E-state index in [-0.39, 0.29) is 11.5 Å². The lowest BCUT2D eigenvalue weighted by Crippen LogP contribution is -2.19. The molecule has 0 aliphatic heterocycles. The fraction of sp³-hybridized carbons (Fsp3) is 0.625. The molecule has 1 aromatic rings. The smallest absolute Gasteiger partial charge is 0.122 e. The van der Waals surface area contributed by atoms with Crippen LogP contribution in [0.1, 0.15) is 52.2 Å². The van der Waals surface area contributed by atoms with E-state index in [0.29, 0.717) is 6.61 Å². The van der Waals surface area contributed by atoms with Crippen molar-refractivity contribution in [1.82, 2.24) is 0 Å². The number of nitrogens with two attached hydrogens (primary N) is 1. The van der Waals surface area contributed by atoms with E-state index in [4.69, 9.17) is 10.5 Å². The molecule has 1 rings (SSSR count). The molecule has 0 radical (unpaired) electrons. The van der Waals surface area contributed by atoms with E-state index in [2.05, 4.69) is 45.9 Å². The van der Waals surface area contributed by atoms with Gasteiger partial charge in [-0.2, -0.15) is 0 Å². The second-order valence-electron chi connectivity index (χ2n) is 6.00. The molecular formula is C16H27NO. The van der Waals surface area contributed by atoms with Gasteiger partial charge in [-0.25, -0.2) is 0 Å². The monoisotopic (exact) mass is 249 g/mol. The molecule has 18 heavy (non-hydrogen) atoms. The largest absolute Gasteiger partial charge is 0.493 e. The minimum atomic E-state index is 0.159. The molecule has 0 bridgehead atoms. The summed E-state index contributed by atoms with van der Waals surface area (Å²) in [6.45, 7) is 11.6. The first kappa shape index (κ1) is 15.0. The van der Waals surface area contributed by atoms with Crippen LogP contribution in [0.4, 0.5) is 0 Å². The summed E-state index contributed by atoms with van der Waals surface area (Å²) in [6.07, 6.45) is 1.89. The summed E-state index contributed by atoms with van der Waals surface area (Å²) in [4.78, 5) is 0. The Labute approximate surface area is 112 Å². The Morgan fingerprint density at radius 2 is 1.94 bits per heavy atom. The Kier molecular flexibility index (Phi) is 5.21. The van der Waals surface area contributed by atoms with Crippen LogP contribution in [-0.2, 0) is 11.8 Å². The third kappa shape index (κ3) is 4.02. The molecule has 0 amide bonds. The van der Waals surface area contributed by atoms with Gasteiger partial charge < -0.3 is 10.5 Å². The summed E-state index contributed by atoms with van der Waals surface area (Å²) >= 11 is 0. The van der Waals surface area contributed by atoms with Gasteiger partial charge in [-0.05, 0) is 42.4 Å². The molecule has 0 saturated heterocycles. The van der Waals surface area contributed by atoms with E-state index >= 15 is 0 Å². The topological polar surface area (TPSA) is 35.2 Å². The van der Waals surface area contributed by atoms with Crippen LogP contribution >= 0.6 is 0 Å². The first-order valence-electron chi connectivity index (χ1n) is 6.87. The van der Waals surface area contributed by atoms with Crippen molar-refractivity contribution < 1.29 is 4.74 Å². The van der Waals surface area contributed by atoms with Gasteiger partial charge in [0.1, 0.15) is 5.75 Å². The minimum absolute atomic E-state index is 0.159. The molecule has 2 nitrogen and oxygen atoms in total. The molecule has 2 N–H and O–H groups in total. The van der Waals surface area contributed by atoms with E-state index in [9.17, 15) is 0 Å². The van der Waals surface area contributed by atoms with Crippen molar-refractivity contribution in [2.75, 3.05) is 6.61 Å². The number of ether oxygens (including phenoxy) is 1. The van der Waals surface area contributed by atoms with Crippen LogP contribution in [-0.4, -0.2) is 12.6 Å². The second kappa shape index (κ2) is 6.24. The highest BCUT2D eigenvalue weighted by Gasteiger charge is 2.19. The zero-order valence-corrected chi connectivity index (χ0v) is 12.4. The summed E-state index contributed by atoms with van der Waals surface area (Å²) in [5.41, 5.74) is 8.61. The molecule has 0 spiro atoms. The first-order chi connectivity index (χ1) is 8.36. The van der Waals surface area contributed by atoms with Crippen LogP contribution in [0.15, 0.2) is 18.2 Å². The van der Waals surface area contributed by atoms with Gasteiger partial charge in [0.15, 0.2) is 0 Å². The molecule has 1 unspecified atom stereocenters. The molecule has 0 saturated carbocycles. The lowest BCUT2D eigenvalue weighted by molar-refractivity contribution is 0.297. The maximum atomic E-state index is 5.89. The number of rotatable bonds is 5. The molecule has 1 atom stereocenters. The quantitative estimate of drug-likeness (QED) is 0.864. The van der Waals surface area contributed by atoms with Crippen molar-refractivity contribution in [2.45, 2.75) is 58.9 Å². The highest BCUT2D eigenvalue weighted by atomic mass is 16.5. The maximum Gasteiger partial charge on any atom is 0.122 e. The highest BCUT2D eigenvalue weighted by Crippen LogP contribution is 2.32. The molecule has 0 aliphatic rings. The normalized spacial score (nSPS) is 13.4. The van der Waals surface area contributed by atoms with Crippen LogP contribution in [0.25, 0.3) is 0 Å². The summed E-state index contributed by atoms with van der Waals surface area (Å²) in [5.74, 6) is 1.02. The lowest BCUT2D eigenvalue weighted by Gasteiger charge is -2.24. The molecule has 0 aromatic heterocycles. The average molecular weight is 249 g/mol. The summed E-state index contributed by atoms with van der Waals surface area (Å²) in [5, 5.41) is 0. The Bertz CT molecular complexity index is 377. The second-order valence-corrected chi connectivity index (χ2v) is 6.00. The summed E-state index contributed by atoms with van der Waals surface area (Å²) in [7, 11) is 0. The highest BCUT2D eigenvalue weighted by molar-refractivity contribution is 5.43. The van der Waals surface area contributed by atoms with Crippen molar-refractivity contribution in [2.24, 2.45) is 5.73 Å². The van der Waals surface area contributed by atoms with Crippen LogP contribution in [0, 0.1) is 0 Å². The van der Waals surface area contributed by atoms with Gasteiger partial charge in [-0.1, -0.05) is 39.8 Å². The van der Waals surface area contributed by atoms with Crippen molar-refractivity contribution in [3.8, 4) is 5.75 Å². The van der Waals surface area contributed by atoms with Crippen molar-refractivity contribution in [3.63, 3.8) is 0 Å². The molecule has 0 heterocycles. The van der Waals surface area contributed by atoms with Gasteiger partial charge in [0.25, 0.3) is 0 Å². The van der Waals surface area contributed by atoms with Gasteiger partial charge in [0, 0.05) is 6.04 Å². The Morgan fingerprint density at radius 3 is 2.44 bits per heavy atom. The summed E-state index contributed by atoms with van der Waals surface area (Å²) in [6, 6.07) is 6.55. The van der Waals surface area contributed by atoms with Crippen molar-refractivity contribution >= 4 is 0 Å². The molecular weight excluding hydrogens is 222 g/mol. The predicted octanol–water partition coefficient (Wildman–Crippen LogP) is 3.66. The molecule has 1 aromatic carbocycles. The van der Waals surface area contributed by atoms with Crippen LogP contribution in [0.3, 0.4) is 0 Å². The lowest BCUT2D eigenvalue weighted by atomic mass is 9.83. The fourth-order valence-electron chi connectivity index (χ4n) is 2.12. The molecule has 0 aliphatic carbocycles. The van der Waals surface area contributed by atoms with Crippen LogP contribution < -0.4 is 10.5 Å². The zero-order chi connectivity index (χ0) is 13.8. The van der Waals surface area contributed by atoms with Gasteiger partial charge in [0.05, 0.1) is 6.61 Å². The maximum absolute atomic E-state index is 5.89. The van der Waals surface area contributed by atoms with Gasteiger partial charge in [-0.15, -0.1) is 0 Å². The number of hydrogen-bond donors (Lipinski definition) is 1. The third-order valence-electron chi connectivity index (χ3n) is 3.13. The first-order valence-corrected chi connectivity index (χ1v) is 6.87. The van der Waals surface area contributed by atoms with E-state index < -0.39 is 0 Å². The third-order valence-corrected chi connectivity index (χ3v) is 3.13. The Balaban J connectivity index is 2.91. The van der Waals surface area contributed by atoms with E-state index in [1.165, 1.54) is 11.1 Å². The van der Waals surface area contributed by atoms with Crippen molar-refractivity contribution in [1.29, 1.82) is 0 Å². The summed E-state index contributed by atoms with van der Waals surface area (Å²) < 4.78 is 5.89. The zero-order valence-electron chi connectivity index (χ0n) is 12.4. The fourth-order valence-corrected chi connectivity index (χ4v) is 2.12. The molecule has 2 heteroatoms. The average Bonchev–Trinajstić information content (AvgIpc) is 2.27. The van der Waals surface area contributed by atoms with Crippen LogP contribution in [0.5, 0.6) is 5.75 Å².